The highest BCUT2D eigenvalue weighted by molar-refractivity contribution is 5.97. The van der Waals surface area contributed by atoms with Gasteiger partial charge in [-0.2, -0.15) is 4.98 Å². The molecule has 156 valence electrons. The molecule has 1 N–H and O–H groups in total. The molecule has 0 aliphatic carbocycles. The maximum Gasteiger partial charge on any atom is 0.302 e. The molecule has 7 nitrogen and oxygen atoms in total. The Morgan fingerprint density at radius 1 is 1.13 bits per heavy atom. The van der Waals surface area contributed by atoms with Crippen molar-refractivity contribution in [1.29, 1.82) is 0 Å². The predicted octanol–water partition coefficient (Wildman–Crippen LogP) is 4.61. The van der Waals surface area contributed by atoms with Crippen molar-refractivity contribution in [2.75, 3.05) is 11.9 Å². The van der Waals surface area contributed by atoms with E-state index in [1.165, 1.54) is 18.5 Å². The average molecular weight is 418 g/mol. The fourth-order valence-electron chi connectivity index (χ4n) is 3.14. The normalized spacial score (nSPS) is 10.8. The quantitative estimate of drug-likeness (QED) is 0.460. The van der Waals surface area contributed by atoms with Crippen LogP contribution in [0, 0.1) is 5.82 Å². The molecule has 4 rings (SSSR count). The first-order valence-electron chi connectivity index (χ1n) is 9.64. The first-order chi connectivity index (χ1) is 15.0. The van der Waals surface area contributed by atoms with Crippen molar-refractivity contribution in [2.45, 2.75) is 13.3 Å². The van der Waals surface area contributed by atoms with E-state index in [1.54, 1.807) is 49.4 Å². The summed E-state index contributed by atoms with van der Waals surface area (Å²) in [6.45, 7) is 1.70. The van der Waals surface area contributed by atoms with Gasteiger partial charge in [-0.3, -0.25) is 19.6 Å². The van der Waals surface area contributed by atoms with Gasteiger partial charge in [0.25, 0.3) is 5.56 Å². The Morgan fingerprint density at radius 3 is 2.61 bits per heavy atom. The van der Waals surface area contributed by atoms with E-state index in [9.17, 15) is 14.0 Å². The molecule has 0 unspecified atom stereocenters. The summed E-state index contributed by atoms with van der Waals surface area (Å²) in [6.07, 6.45) is 3.25. The number of ketones is 1. The van der Waals surface area contributed by atoms with Gasteiger partial charge in [-0.25, -0.2) is 4.39 Å². The zero-order chi connectivity index (χ0) is 22.0. The van der Waals surface area contributed by atoms with Gasteiger partial charge in [-0.15, -0.1) is 0 Å². The van der Waals surface area contributed by atoms with Gasteiger partial charge >= 0.3 is 6.01 Å². The molecule has 2 aromatic heterocycles. The molecule has 0 radical (unpaired) electrons. The second-order valence-electron chi connectivity index (χ2n) is 6.86. The van der Waals surface area contributed by atoms with Crippen LogP contribution in [0.4, 0.5) is 15.8 Å². The highest BCUT2D eigenvalue weighted by Gasteiger charge is 2.13. The second kappa shape index (κ2) is 8.35. The van der Waals surface area contributed by atoms with E-state index in [0.717, 1.165) is 5.69 Å². The van der Waals surface area contributed by atoms with Crippen LogP contribution < -0.4 is 15.2 Å². The molecule has 0 saturated carbocycles. The number of hydrogen-bond donors (Lipinski definition) is 1. The summed E-state index contributed by atoms with van der Waals surface area (Å²) in [5, 5.41) is 0.430. The van der Waals surface area contributed by atoms with Crippen molar-refractivity contribution in [1.82, 2.24) is 15.0 Å². The van der Waals surface area contributed by atoms with E-state index < -0.39 is 5.82 Å². The number of pyridine rings is 1. The lowest BCUT2D eigenvalue weighted by Crippen LogP contribution is -2.11. The van der Waals surface area contributed by atoms with Gasteiger partial charge in [0.1, 0.15) is 11.6 Å². The fourth-order valence-corrected chi connectivity index (χ4v) is 3.14. The van der Waals surface area contributed by atoms with Gasteiger partial charge in [-0.1, -0.05) is 6.92 Å². The van der Waals surface area contributed by atoms with Crippen LogP contribution in [0.25, 0.3) is 10.9 Å². The zero-order valence-electron chi connectivity index (χ0n) is 16.9. The number of fused-ring (bicyclic) bond motifs is 1. The van der Waals surface area contributed by atoms with Crippen molar-refractivity contribution < 1.29 is 13.9 Å². The number of rotatable bonds is 6. The van der Waals surface area contributed by atoms with Gasteiger partial charge in [0.05, 0.1) is 22.7 Å². The van der Waals surface area contributed by atoms with Crippen LogP contribution >= 0.6 is 0 Å². The van der Waals surface area contributed by atoms with Gasteiger partial charge in [0.2, 0.25) is 0 Å². The van der Waals surface area contributed by atoms with Crippen LogP contribution in [0.3, 0.4) is 0 Å². The van der Waals surface area contributed by atoms with Crippen LogP contribution in [0.1, 0.15) is 23.7 Å². The van der Waals surface area contributed by atoms with E-state index in [2.05, 4.69) is 15.0 Å². The van der Waals surface area contributed by atoms with Crippen molar-refractivity contribution >= 4 is 28.1 Å². The lowest BCUT2D eigenvalue weighted by atomic mass is 10.1. The summed E-state index contributed by atoms with van der Waals surface area (Å²) in [5.41, 5.74) is 1.68. The molecule has 2 aromatic carbocycles. The third-order valence-corrected chi connectivity index (χ3v) is 4.88. The van der Waals surface area contributed by atoms with Crippen LogP contribution in [-0.2, 0) is 0 Å². The number of anilines is 2. The molecule has 0 aliphatic heterocycles. The molecule has 0 spiro atoms. The molecule has 0 bridgehead atoms. The van der Waals surface area contributed by atoms with Crippen LogP contribution in [0.5, 0.6) is 11.8 Å². The smallest absolute Gasteiger partial charge is 0.302 e. The molecule has 4 aromatic rings. The number of hydrogen-bond acceptors (Lipinski definition) is 6. The number of carbonyl (C=O) groups is 1. The summed E-state index contributed by atoms with van der Waals surface area (Å²) in [5.74, 6) is -0.298. The third-order valence-electron chi connectivity index (χ3n) is 4.88. The van der Waals surface area contributed by atoms with Gasteiger partial charge in [0, 0.05) is 31.0 Å². The molecule has 0 fully saturated rings. The second-order valence-corrected chi connectivity index (χ2v) is 6.86. The summed E-state index contributed by atoms with van der Waals surface area (Å²) in [6, 6.07) is 13.2. The summed E-state index contributed by atoms with van der Waals surface area (Å²) in [7, 11) is 1.82. The minimum absolute atomic E-state index is 0.0628. The molecule has 0 saturated heterocycles. The number of nitrogens with zero attached hydrogens (tertiary/aromatic N) is 3. The SMILES string of the molecule is CCC(=O)c1cc(N(C)c2ccc(Oc3nc4cnccc4c(=O)[nH]3)cc2)ccc1F. The summed E-state index contributed by atoms with van der Waals surface area (Å²) < 4.78 is 19.6. The fraction of sp³-hybridized carbons (Fsp3) is 0.130. The Morgan fingerprint density at radius 2 is 1.87 bits per heavy atom. The minimum atomic E-state index is -0.528. The third kappa shape index (κ3) is 4.13. The molecule has 31 heavy (non-hydrogen) atoms. The first-order valence-corrected chi connectivity index (χ1v) is 9.64. The average Bonchev–Trinajstić information content (AvgIpc) is 2.79. The molecule has 8 heteroatoms. The number of nitrogens with one attached hydrogen (secondary N) is 1. The summed E-state index contributed by atoms with van der Waals surface area (Å²) in [4.78, 5) is 36.8. The molecule has 0 aliphatic rings. The van der Waals surface area contributed by atoms with Crippen LogP contribution in [0.2, 0.25) is 0 Å². The number of carbonyl (C=O) groups excluding carboxylic acids is 1. The van der Waals surface area contributed by atoms with Crippen molar-refractivity contribution in [3.05, 3.63) is 82.7 Å². The number of aromatic amines is 1. The predicted molar refractivity (Wildman–Crippen MR) is 116 cm³/mol. The number of benzene rings is 2. The van der Waals surface area contributed by atoms with E-state index in [1.807, 2.05) is 11.9 Å². The van der Waals surface area contributed by atoms with Crippen molar-refractivity contribution in [3.63, 3.8) is 0 Å². The van der Waals surface area contributed by atoms with Crippen LogP contribution in [-0.4, -0.2) is 27.8 Å². The minimum Gasteiger partial charge on any atom is -0.426 e. The van der Waals surface area contributed by atoms with Crippen molar-refractivity contribution in [3.8, 4) is 11.8 Å². The molecule has 2 heterocycles. The van der Waals surface area contributed by atoms with Crippen LogP contribution in [0.15, 0.2) is 65.7 Å². The largest absolute Gasteiger partial charge is 0.426 e. The maximum atomic E-state index is 14.0. The number of Topliss-reactive ketones (excluding diaryl/α,β-unsaturated/α-hetero) is 1. The Bertz CT molecular complexity index is 1320. The number of halogens is 1. The Labute approximate surface area is 177 Å². The van der Waals surface area contributed by atoms with Gasteiger partial charge in [-0.05, 0) is 48.5 Å². The molecular weight excluding hydrogens is 399 g/mol. The lowest BCUT2D eigenvalue weighted by Gasteiger charge is -2.20. The lowest BCUT2D eigenvalue weighted by molar-refractivity contribution is 0.0984. The van der Waals surface area contributed by atoms with E-state index in [4.69, 9.17) is 4.74 Å². The van der Waals surface area contributed by atoms with E-state index in [-0.39, 0.29) is 29.3 Å². The van der Waals surface area contributed by atoms with E-state index >= 15 is 0 Å². The topological polar surface area (TPSA) is 88.2 Å². The van der Waals surface area contributed by atoms with Crippen molar-refractivity contribution in [2.24, 2.45) is 0 Å². The zero-order valence-corrected chi connectivity index (χ0v) is 16.9. The highest BCUT2D eigenvalue weighted by Crippen LogP contribution is 2.28. The summed E-state index contributed by atoms with van der Waals surface area (Å²) >= 11 is 0. The highest BCUT2D eigenvalue weighted by atomic mass is 19.1. The standard InChI is InChI=1S/C23H19FN4O3/c1-3-21(29)18-12-15(6-9-19(18)24)28(2)14-4-7-16(8-5-14)31-23-26-20-13-25-11-10-17(20)22(30)27-23/h4-13H,3H2,1-2H3,(H,26,27,30). The Hall–Kier alpha value is -4.07. The number of ether oxygens (including phenoxy) is 1. The maximum absolute atomic E-state index is 14.0. The first kappa shape index (κ1) is 20.2. The molecule has 0 amide bonds. The molecular formula is C23H19FN4O3. The molecule has 0 atom stereocenters. The number of H-pyrrole nitrogens is 1. The monoisotopic (exact) mass is 418 g/mol. The Balaban J connectivity index is 1.56. The number of aromatic nitrogens is 3. The Kier molecular flexibility index (Phi) is 5.44. The van der Waals surface area contributed by atoms with Gasteiger partial charge in [0.15, 0.2) is 5.78 Å². The van der Waals surface area contributed by atoms with Gasteiger partial charge < -0.3 is 9.64 Å². The van der Waals surface area contributed by atoms with E-state index in [0.29, 0.717) is 22.3 Å².